The van der Waals surface area contributed by atoms with Crippen molar-refractivity contribution >= 4 is 29.3 Å². The van der Waals surface area contributed by atoms with Crippen LogP contribution in [0.2, 0.25) is 5.02 Å². The summed E-state index contributed by atoms with van der Waals surface area (Å²) in [5.74, 6) is 1.95. The predicted molar refractivity (Wildman–Crippen MR) is 59.8 cm³/mol. The summed E-state index contributed by atoms with van der Waals surface area (Å²) < 4.78 is 0. The maximum absolute atomic E-state index is 11.8. The quantitative estimate of drug-likeness (QED) is 0.735. The molecule has 0 aliphatic carbocycles. The molecular weight excluding hydrogens is 218 g/mol. The van der Waals surface area contributed by atoms with Gasteiger partial charge in [-0.25, -0.2) is 0 Å². The number of rotatable bonds is 1. The first-order valence-corrected chi connectivity index (χ1v) is 5.93. The van der Waals surface area contributed by atoms with Crippen molar-refractivity contribution < 1.29 is 4.79 Å². The molecule has 1 heterocycles. The molecule has 74 valence electrons. The number of hydrogen-bond acceptors (Lipinski definition) is 2. The zero-order valence-corrected chi connectivity index (χ0v) is 9.14. The summed E-state index contributed by atoms with van der Waals surface area (Å²) in [5.41, 5.74) is 0.719. The lowest BCUT2D eigenvalue weighted by molar-refractivity contribution is 0.0803. The van der Waals surface area contributed by atoms with E-state index in [1.807, 2.05) is 4.90 Å². The predicted octanol–water partition coefficient (Wildman–Crippen LogP) is 2.49. The summed E-state index contributed by atoms with van der Waals surface area (Å²) >= 11 is 7.53. The van der Waals surface area contributed by atoms with Gasteiger partial charge in [-0.1, -0.05) is 11.6 Å². The monoisotopic (exact) mass is 227 g/mol. The minimum absolute atomic E-state index is 0.103. The fourth-order valence-corrected chi connectivity index (χ4v) is 2.42. The van der Waals surface area contributed by atoms with Gasteiger partial charge >= 0.3 is 0 Å². The molecule has 14 heavy (non-hydrogen) atoms. The Kier molecular flexibility index (Phi) is 2.99. The Morgan fingerprint density at radius 2 is 2.07 bits per heavy atom. The molecule has 1 saturated heterocycles. The van der Waals surface area contributed by atoms with Crippen molar-refractivity contribution in [3.8, 4) is 0 Å². The molecule has 0 bridgehead atoms. The molecule has 0 N–H and O–H groups in total. The molecule has 0 radical (unpaired) electrons. The van der Waals surface area contributed by atoms with Crippen LogP contribution in [-0.4, -0.2) is 29.0 Å². The summed E-state index contributed by atoms with van der Waals surface area (Å²) in [6.07, 6.45) is 0. The minimum Gasteiger partial charge on any atom is -0.329 e. The first-order valence-electron chi connectivity index (χ1n) is 4.40. The lowest BCUT2D eigenvalue weighted by Crippen LogP contribution is -2.27. The van der Waals surface area contributed by atoms with Crippen LogP contribution in [0, 0.1) is 0 Å². The Balaban J connectivity index is 2.14. The third kappa shape index (κ3) is 2.04. The second kappa shape index (κ2) is 4.24. The number of benzene rings is 1. The minimum atomic E-state index is 0.103. The van der Waals surface area contributed by atoms with E-state index in [0.717, 1.165) is 23.7 Å². The third-order valence-corrected chi connectivity index (χ3v) is 3.35. The van der Waals surface area contributed by atoms with Gasteiger partial charge in [0.05, 0.1) is 5.88 Å². The molecule has 0 aromatic heterocycles. The molecule has 0 unspecified atom stereocenters. The SMILES string of the molecule is O=C(c1ccc(Cl)cc1)N1CCSC1. The molecule has 4 heteroatoms. The van der Waals surface area contributed by atoms with E-state index in [-0.39, 0.29) is 5.91 Å². The van der Waals surface area contributed by atoms with Gasteiger partial charge in [-0.3, -0.25) is 4.79 Å². The van der Waals surface area contributed by atoms with E-state index in [4.69, 9.17) is 11.6 Å². The van der Waals surface area contributed by atoms with Gasteiger partial charge in [-0.15, -0.1) is 11.8 Å². The lowest BCUT2D eigenvalue weighted by atomic mass is 10.2. The Morgan fingerprint density at radius 1 is 1.36 bits per heavy atom. The van der Waals surface area contributed by atoms with E-state index in [1.54, 1.807) is 36.0 Å². The number of halogens is 1. The summed E-state index contributed by atoms with van der Waals surface area (Å²) in [6, 6.07) is 7.04. The van der Waals surface area contributed by atoms with E-state index >= 15 is 0 Å². The van der Waals surface area contributed by atoms with Crippen molar-refractivity contribution in [2.75, 3.05) is 18.2 Å². The zero-order chi connectivity index (χ0) is 9.97. The maximum Gasteiger partial charge on any atom is 0.254 e. The van der Waals surface area contributed by atoms with Crippen LogP contribution in [0.15, 0.2) is 24.3 Å². The second-order valence-electron chi connectivity index (χ2n) is 3.11. The molecule has 1 fully saturated rings. The van der Waals surface area contributed by atoms with E-state index in [1.165, 1.54) is 0 Å². The first-order chi connectivity index (χ1) is 6.77. The number of thioether (sulfide) groups is 1. The van der Waals surface area contributed by atoms with Gasteiger partial charge in [-0.2, -0.15) is 0 Å². The second-order valence-corrected chi connectivity index (χ2v) is 4.62. The summed E-state index contributed by atoms with van der Waals surface area (Å²) in [6.45, 7) is 0.853. The van der Waals surface area contributed by atoms with Crippen LogP contribution in [0.3, 0.4) is 0 Å². The third-order valence-electron chi connectivity index (χ3n) is 2.13. The van der Waals surface area contributed by atoms with Crippen molar-refractivity contribution in [2.45, 2.75) is 0 Å². The summed E-state index contributed by atoms with van der Waals surface area (Å²) in [4.78, 5) is 13.7. The zero-order valence-electron chi connectivity index (χ0n) is 7.57. The smallest absolute Gasteiger partial charge is 0.254 e. The molecule has 1 aromatic carbocycles. The maximum atomic E-state index is 11.8. The van der Waals surface area contributed by atoms with Crippen LogP contribution in [0.25, 0.3) is 0 Å². The van der Waals surface area contributed by atoms with Crippen LogP contribution < -0.4 is 0 Å². The highest BCUT2D eigenvalue weighted by Crippen LogP contribution is 2.17. The average Bonchev–Trinajstić information content (AvgIpc) is 2.71. The van der Waals surface area contributed by atoms with Crippen molar-refractivity contribution in [3.63, 3.8) is 0 Å². The van der Waals surface area contributed by atoms with Gasteiger partial charge in [0.25, 0.3) is 5.91 Å². The van der Waals surface area contributed by atoms with Gasteiger partial charge in [0.15, 0.2) is 0 Å². The molecule has 1 amide bonds. The topological polar surface area (TPSA) is 20.3 Å². The molecule has 2 rings (SSSR count). The van der Waals surface area contributed by atoms with E-state index < -0.39 is 0 Å². The molecule has 0 saturated carbocycles. The molecule has 1 aromatic rings. The van der Waals surface area contributed by atoms with Crippen molar-refractivity contribution in [3.05, 3.63) is 34.9 Å². The van der Waals surface area contributed by atoms with E-state index in [9.17, 15) is 4.79 Å². The van der Waals surface area contributed by atoms with Gasteiger partial charge in [0.1, 0.15) is 0 Å². The Labute approximate surface area is 92.2 Å². The van der Waals surface area contributed by atoms with Crippen LogP contribution in [0.4, 0.5) is 0 Å². The van der Waals surface area contributed by atoms with Gasteiger partial charge in [0, 0.05) is 22.9 Å². The number of carbonyl (C=O) groups excluding carboxylic acids is 1. The largest absolute Gasteiger partial charge is 0.329 e. The Morgan fingerprint density at radius 3 is 2.64 bits per heavy atom. The molecule has 1 aliphatic heterocycles. The van der Waals surface area contributed by atoms with Gasteiger partial charge < -0.3 is 4.90 Å². The van der Waals surface area contributed by atoms with Crippen molar-refractivity contribution in [1.82, 2.24) is 4.90 Å². The fraction of sp³-hybridized carbons (Fsp3) is 0.300. The number of nitrogens with zero attached hydrogens (tertiary/aromatic N) is 1. The number of hydrogen-bond donors (Lipinski definition) is 0. The molecule has 1 aliphatic rings. The molecular formula is C10H10ClNOS. The highest BCUT2D eigenvalue weighted by atomic mass is 35.5. The first kappa shape index (κ1) is 9.87. The fourth-order valence-electron chi connectivity index (χ4n) is 1.35. The standard InChI is InChI=1S/C10H10ClNOS/c11-9-3-1-8(2-4-9)10(13)12-5-6-14-7-12/h1-4H,5-7H2. The van der Waals surface area contributed by atoms with Crippen molar-refractivity contribution in [2.24, 2.45) is 0 Å². The highest BCUT2D eigenvalue weighted by Gasteiger charge is 2.19. The van der Waals surface area contributed by atoms with Crippen LogP contribution in [0.1, 0.15) is 10.4 Å². The van der Waals surface area contributed by atoms with Gasteiger partial charge in [-0.05, 0) is 24.3 Å². The van der Waals surface area contributed by atoms with E-state index in [2.05, 4.69) is 0 Å². The Bertz CT molecular complexity index is 332. The van der Waals surface area contributed by atoms with Crippen LogP contribution in [-0.2, 0) is 0 Å². The number of carbonyl (C=O) groups is 1. The normalized spacial score (nSPS) is 15.9. The lowest BCUT2D eigenvalue weighted by Gasteiger charge is -2.13. The molecule has 2 nitrogen and oxygen atoms in total. The van der Waals surface area contributed by atoms with Crippen LogP contribution in [0.5, 0.6) is 0 Å². The van der Waals surface area contributed by atoms with Gasteiger partial charge in [0.2, 0.25) is 0 Å². The number of amides is 1. The summed E-state index contributed by atoms with van der Waals surface area (Å²) in [7, 11) is 0. The van der Waals surface area contributed by atoms with E-state index in [0.29, 0.717) is 5.02 Å². The van der Waals surface area contributed by atoms with Crippen molar-refractivity contribution in [1.29, 1.82) is 0 Å². The Hall–Kier alpha value is -0.670. The van der Waals surface area contributed by atoms with Crippen LogP contribution >= 0.6 is 23.4 Å². The molecule has 0 spiro atoms. The molecule has 0 atom stereocenters. The average molecular weight is 228 g/mol. The highest BCUT2D eigenvalue weighted by molar-refractivity contribution is 7.99. The summed E-state index contributed by atoms with van der Waals surface area (Å²) in [5, 5.41) is 0.664.